The van der Waals surface area contributed by atoms with Gasteiger partial charge < -0.3 is 9.47 Å². The standard InChI is InChI=1S/C8H11IO2/c1-3-8(9)4-7(5-10-2)11-6-8/h1,7H,4-6H2,2H3/t7-,8-/m0/s1. The maximum absolute atomic E-state index is 5.42. The third-order valence-electron chi connectivity index (χ3n) is 1.71. The second-order valence-corrected chi connectivity index (χ2v) is 4.77. The van der Waals surface area contributed by atoms with E-state index in [1.165, 1.54) is 0 Å². The summed E-state index contributed by atoms with van der Waals surface area (Å²) in [6.07, 6.45) is 6.44. The second kappa shape index (κ2) is 3.74. The molecule has 62 valence electrons. The first-order valence-corrected chi connectivity index (χ1v) is 4.55. The van der Waals surface area contributed by atoms with Crippen LogP contribution in [0.2, 0.25) is 0 Å². The van der Waals surface area contributed by atoms with Gasteiger partial charge in [-0.3, -0.25) is 0 Å². The van der Waals surface area contributed by atoms with Crippen LogP contribution in [0.5, 0.6) is 0 Å². The van der Waals surface area contributed by atoms with E-state index in [2.05, 4.69) is 28.5 Å². The van der Waals surface area contributed by atoms with Crippen molar-refractivity contribution in [2.75, 3.05) is 20.3 Å². The monoisotopic (exact) mass is 266 g/mol. The molecular formula is C8H11IO2. The number of alkyl halides is 1. The molecule has 1 heterocycles. The lowest BCUT2D eigenvalue weighted by Gasteiger charge is -2.10. The van der Waals surface area contributed by atoms with Crippen LogP contribution in [-0.2, 0) is 9.47 Å². The lowest BCUT2D eigenvalue weighted by Crippen LogP contribution is -2.18. The summed E-state index contributed by atoms with van der Waals surface area (Å²) in [4.78, 5) is 0. The number of hydrogen-bond donors (Lipinski definition) is 0. The van der Waals surface area contributed by atoms with Crippen molar-refractivity contribution in [1.29, 1.82) is 0 Å². The summed E-state index contributed by atoms with van der Waals surface area (Å²) in [6.45, 7) is 1.30. The highest BCUT2D eigenvalue weighted by atomic mass is 127. The van der Waals surface area contributed by atoms with Gasteiger partial charge in [-0.05, 0) is 0 Å². The Morgan fingerprint density at radius 3 is 3.09 bits per heavy atom. The summed E-state index contributed by atoms with van der Waals surface area (Å²) in [5, 5.41) is 0. The van der Waals surface area contributed by atoms with Crippen LogP contribution in [-0.4, -0.2) is 29.8 Å². The zero-order chi connectivity index (χ0) is 8.32. The fraction of sp³-hybridized carbons (Fsp3) is 0.750. The molecule has 1 saturated heterocycles. The van der Waals surface area contributed by atoms with Gasteiger partial charge in [-0.25, -0.2) is 0 Å². The number of methoxy groups -OCH3 is 1. The SMILES string of the molecule is C#C[C@@]1(I)CO[C@H](COC)C1. The van der Waals surface area contributed by atoms with Crippen molar-refractivity contribution in [1.82, 2.24) is 0 Å². The largest absolute Gasteiger partial charge is 0.382 e. The molecule has 1 aliphatic heterocycles. The molecule has 0 radical (unpaired) electrons. The minimum absolute atomic E-state index is 0.0963. The first-order valence-electron chi connectivity index (χ1n) is 3.47. The molecule has 1 fully saturated rings. The molecule has 0 aliphatic carbocycles. The molecule has 0 spiro atoms. The Bertz CT molecular complexity index is 175. The predicted octanol–water partition coefficient (Wildman–Crippen LogP) is 1.23. The molecule has 1 aliphatic rings. The third-order valence-corrected chi connectivity index (χ3v) is 2.77. The van der Waals surface area contributed by atoms with E-state index in [1.807, 2.05) is 0 Å². The summed E-state index contributed by atoms with van der Waals surface area (Å²) in [5.74, 6) is 2.73. The van der Waals surface area contributed by atoms with Crippen LogP contribution in [0.4, 0.5) is 0 Å². The first kappa shape index (κ1) is 9.30. The zero-order valence-corrected chi connectivity index (χ0v) is 8.63. The Morgan fingerprint density at radius 1 is 1.91 bits per heavy atom. The van der Waals surface area contributed by atoms with Crippen LogP contribution in [0.1, 0.15) is 6.42 Å². The van der Waals surface area contributed by atoms with E-state index in [0.29, 0.717) is 13.2 Å². The highest BCUT2D eigenvalue weighted by Gasteiger charge is 2.36. The van der Waals surface area contributed by atoms with E-state index < -0.39 is 0 Å². The third kappa shape index (κ3) is 2.32. The van der Waals surface area contributed by atoms with Crippen LogP contribution >= 0.6 is 22.6 Å². The van der Waals surface area contributed by atoms with Gasteiger partial charge in [-0.2, -0.15) is 0 Å². The highest BCUT2D eigenvalue weighted by Crippen LogP contribution is 2.32. The van der Waals surface area contributed by atoms with E-state index in [-0.39, 0.29) is 9.53 Å². The van der Waals surface area contributed by atoms with Crippen molar-refractivity contribution in [3.05, 3.63) is 0 Å². The van der Waals surface area contributed by atoms with Crippen molar-refractivity contribution in [2.24, 2.45) is 0 Å². The van der Waals surface area contributed by atoms with Gasteiger partial charge in [0, 0.05) is 13.5 Å². The number of terminal acetylenes is 1. The van der Waals surface area contributed by atoms with Gasteiger partial charge in [0.2, 0.25) is 0 Å². The molecule has 11 heavy (non-hydrogen) atoms. The topological polar surface area (TPSA) is 18.5 Å². The number of ether oxygens (including phenoxy) is 2. The van der Waals surface area contributed by atoms with Crippen molar-refractivity contribution in [2.45, 2.75) is 15.9 Å². The molecule has 2 nitrogen and oxygen atoms in total. The summed E-state index contributed by atoms with van der Waals surface area (Å²) in [6, 6.07) is 0. The van der Waals surface area contributed by atoms with Crippen molar-refractivity contribution in [3.63, 3.8) is 0 Å². The van der Waals surface area contributed by atoms with Gasteiger partial charge in [0.25, 0.3) is 0 Å². The Morgan fingerprint density at radius 2 is 2.64 bits per heavy atom. The quantitative estimate of drug-likeness (QED) is 0.425. The lowest BCUT2D eigenvalue weighted by molar-refractivity contribution is 0.0379. The molecule has 0 bridgehead atoms. The van der Waals surface area contributed by atoms with E-state index in [1.54, 1.807) is 7.11 Å². The van der Waals surface area contributed by atoms with Crippen LogP contribution in [0.3, 0.4) is 0 Å². The minimum Gasteiger partial charge on any atom is -0.382 e. The summed E-state index contributed by atoms with van der Waals surface area (Å²) in [5.41, 5.74) is 0. The van der Waals surface area contributed by atoms with E-state index in [4.69, 9.17) is 15.9 Å². The Labute approximate surface area is 80.8 Å². The van der Waals surface area contributed by atoms with Crippen molar-refractivity contribution < 1.29 is 9.47 Å². The number of hydrogen-bond acceptors (Lipinski definition) is 2. The Hall–Kier alpha value is 0.210. The smallest absolute Gasteiger partial charge is 0.108 e. The van der Waals surface area contributed by atoms with Gasteiger partial charge in [0.15, 0.2) is 0 Å². The minimum atomic E-state index is -0.0963. The molecular weight excluding hydrogens is 255 g/mol. The highest BCUT2D eigenvalue weighted by molar-refractivity contribution is 14.1. The first-order chi connectivity index (χ1) is 5.20. The predicted molar refractivity (Wildman–Crippen MR) is 51.8 cm³/mol. The van der Waals surface area contributed by atoms with Crippen LogP contribution in [0.15, 0.2) is 0 Å². The molecule has 0 aromatic carbocycles. The second-order valence-electron chi connectivity index (χ2n) is 2.70. The van der Waals surface area contributed by atoms with Gasteiger partial charge in [0.05, 0.1) is 19.3 Å². The van der Waals surface area contributed by atoms with Crippen molar-refractivity contribution >= 4 is 22.6 Å². The fourth-order valence-corrected chi connectivity index (χ4v) is 1.79. The van der Waals surface area contributed by atoms with Gasteiger partial charge >= 0.3 is 0 Å². The van der Waals surface area contributed by atoms with Crippen LogP contribution < -0.4 is 0 Å². The summed E-state index contributed by atoms with van der Waals surface area (Å²) in [7, 11) is 1.67. The fourth-order valence-electron chi connectivity index (χ4n) is 1.12. The van der Waals surface area contributed by atoms with Crippen LogP contribution in [0, 0.1) is 12.3 Å². The molecule has 2 atom stereocenters. The average molecular weight is 266 g/mol. The molecule has 3 heteroatoms. The summed E-state index contributed by atoms with van der Waals surface area (Å²) < 4.78 is 10.3. The van der Waals surface area contributed by atoms with Gasteiger partial charge in [-0.1, -0.05) is 28.5 Å². The van der Waals surface area contributed by atoms with Crippen LogP contribution in [0.25, 0.3) is 0 Å². The average Bonchev–Trinajstić information content (AvgIpc) is 2.35. The molecule has 0 amide bonds. The molecule has 0 aromatic heterocycles. The lowest BCUT2D eigenvalue weighted by atomic mass is 10.1. The van der Waals surface area contributed by atoms with Gasteiger partial charge in [-0.15, -0.1) is 6.42 Å². The Balaban J connectivity index is 2.41. The maximum atomic E-state index is 5.42. The Kier molecular flexibility index (Phi) is 3.16. The normalized spacial score (nSPS) is 37.0. The van der Waals surface area contributed by atoms with Gasteiger partial charge in [0.1, 0.15) is 3.42 Å². The van der Waals surface area contributed by atoms with E-state index in [0.717, 1.165) is 6.42 Å². The zero-order valence-electron chi connectivity index (χ0n) is 6.47. The summed E-state index contributed by atoms with van der Waals surface area (Å²) >= 11 is 2.27. The number of rotatable bonds is 2. The van der Waals surface area contributed by atoms with E-state index in [9.17, 15) is 0 Å². The van der Waals surface area contributed by atoms with Crippen molar-refractivity contribution in [3.8, 4) is 12.3 Å². The van der Waals surface area contributed by atoms with E-state index >= 15 is 0 Å². The molecule has 0 unspecified atom stereocenters. The molecule has 0 N–H and O–H groups in total. The molecule has 0 aromatic rings. The molecule has 1 rings (SSSR count). The number of halogens is 1. The molecule has 0 saturated carbocycles. The maximum Gasteiger partial charge on any atom is 0.108 e.